The number of carboxylic acids is 1. The summed E-state index contributed by atoms with van der Waals surface area (Å²) in [6, 6.07) is 20.0. The number of carbonyl (C=O) groups excluding carboxylic acids is 1. The number of likely N-dealkylation sites (N-methyl/N-ethyl adjacent to an activating group) is 1. The van der Waals surface area contributed by atoms with E-state index in [1.165, 1.54) is 28.8 Å². The van der Waals surface area contributed by atoms with E-state index >= 15 is 0 Å². The molecule has 1 N–H and O–H groups in total. The predicted molar refractivity (Wildman–Crippen MR) is 146 cm³/mol. The lowest BCUT2D eigenvalue weighted by Gasteiger charge is -2.11. The van der Waals surface area contributed by atoms with Gasteiger partial charge in [-0.3, -0.25) is 9.69 Å². The molecule has 0 unspecified atom stereocenters. The molecule has 34 heavy (non-hydrogen) atoms. The van der Waals surface area contributed by atoms with Crippen LogP contribution in [0.5, 0.6) is 5.75 Å². The third-order valence-corrected chi connectivity index (χ3v) is 7.34. The molecule has 6 nitrogen and oxygen atoms in total. The van der Waals surface area contributed by atoms with Crippen molar-refractivity contribution in [3.05, 3.63) is 96.4 Å². The third-order valence-electron chi connectivity index (χ3n) is 4.89. The van der Waals surface area contributed by atoms with Gasteiger partial charge in [0, 0.05) is 7.05 Å². The van der Waals surface area contributed by atoms with Crippen LogP contribution in [0.2, 0.25) is 0 Å². The molecule has 0 atom stereocenters. The Morgan fingerprint density at radius 1 is 1.18 bits per heavy atom. The summed E-state index contributed by atoms with van der Waals surface area (Å²) < 4.78 is 7.74. The molecule has 3 aromatic rings. The molecule has 1 heterocycles. The lowest BCUT2D eigenvalue weighted by atomic mass is 10.2. The zero-order chi connectivity index (χ0) is 24.2. The molecule has 0 bridgehead atoms. The van der Waals surface area contributed by atoms with Crippen LogP contribution in [0.15, 0.2) is 81.1 Å². The normalized spacial score (nSPS) is 15.9. The van der Waals surface area contributed by atoms with Gasteiger partial charge in [0.25, 0.3) is 5.91 Å². The molecule has 0 spiro atoms. The van der Waals surface area contributed by atoms with Crippen LogP contribution in [0.25, 0.3) is 6.08 Å². The number of rotatable bonds is 6. The second kappa shape index (κ2) is 10.7. The minimum absolute atomic E-state index is 0.151. The Kier molecular flexibility index (Phi) is 7.74. The molecule has 0 aromatic heterocycles. The molecule has 0 saturated carbocycles. The maximum atomic E-state index is 12.8. The van der Waals surface area contributed by atoms with Gasteiger partial charge in [0.05, 0.1) is 24.2 Å². The maximum absolute atomic E-state index is 12.8. The van der Waals surface area contributed by atoms with Crippen LogP contribution in [-0.4, -0.2) is 34.1 Å². The van der Waals surface area contributed by atoms with E-state index in [2.05, 4.69) is 43.5 Å². The predicted octanol–water partition coefficient (Wildman–Crippen LogP) is 6.56. The Bertz CT molecular complexity index is 1290. The van der Waals surface area contributed by atoms with Gasteiger partial charge in [-0.1, -0.05) is 30.3 Å². The number of benzene rings is 3. The monoisotopic (exact) mass is 648 g/mol. The number of carboxylic acid groups (broad SMARTS) is 1. The number of nitrogens with zero attached hydrogens (tertiary/aromatic N) is 2. The summed E-state index contributed by atoms with van der Waals surface area (Å²) in [4.78, 5) is 30.4. The third kappa shape index (κ3) is 5.70. The summed E-state index contributed by atoms with van der Waals surface area (Å²) >= 11 is 7.09. The second-order valence-corrected chi connectivity index (χ2v) is 10.3. The van der Waals surface area contributed by atoms with Crippen molar-refractivity contribution in [1.29, 1.82) is 0 Å². The molecule has 0 radical (unpaired) electrons. The summed E-state index contributed by atoms with van der Waals surface area (Å²) in [5.41, 5.74) is 2.70. The first-order chi connectivity index (χ1) is 16.3. The first kappa shape index (κ1) is 24.5. The number of ether oxygens (including phenoxy) is 1. The van der Waals surface area contributed by atoms with Crippen molar-refractivity contribution in [2.24, 2.45) is 4.99 Å². The van der Waals surface area contributed by atoms with Gasteiger partial charge < -0.3 is 9.84 Å². The highest BCUT2D eigenvalue weighted by atomic mass is 127. The molecule has 9 heteroatoms. The molecule has 1 fully saturated rings. The second-order valence-electron chi connectivity index (χ2n) is 7.31. The van der Waals surface area contributed by atoms with Gasteiger partial charge in [0.2, 0.25) is 0 Å². The van der Waals surface area contributed by atoms with Gasteiger partial charge >= 0.3 is 5.97 Å². The number of carbonyl (C=O) groups is 2. The van der Waals surface area contributed by atoms with Crippen molar-refractivity contribution in [2.75, 3.05) is 7.05 Å². The molecular formula is C25H18BrIN2O4S. The van der Waals surface area contributed by atoms with Crippen LogP contribution in [0.1, 0.15) is 21.5 Å². The number of hydrogen-bond acceptors (Lipinski definition) is 5. The first-order valence-electron chi connectivity index (χ1n) is 10.1. The summed E-state index contributed by atoms with van der Waals surface area (Å²) in [7, 11) is 1.67. The van der Waals surface area contributed by atoms with E-state index in [1.54, 1.807) is 19.2 Å². The lowest BCUT2D eigenvalue weighted by Crippen LogP contribution is -2.23. The molecule has 172 valence electrons. The Hall–Kier alpha value is -2.63. The zero-order valence-electron chi connectivity index (χ0n) is 17.9. The average Bonchev–Trinajstić information content (AvgIpc) is 3.07. The van der Waals surface area contributed by atoms with Crippen LogP contribution in [0, 0.1) is 3.57 Å². The van der Waals surface area contributed by atoms with Gasteiger partial charge in [-0.25, -0.2) is 9.79 Å². The highest BCUT2D eigenvalue weighted by molar-refractivity contribution is 14.1. The van der Waals surface area contributed by atoms with Crippen molar-refractivity contribution in [3.8, 4) is 5.75 Å². The number of hydrogen-bond donors (Lipinski definition) is 1. The Morgan fingerprint density at radius 3 is 2.53 bits per heavy atom. The highest BCUT2D eigenvalue weighted by Crippen LogP contribution is 2.36. The quantitative estimate of drug-likeness (QED) is 0.242. The summed E-state index contributed by atoms with van der Waals surface area (Å²) in [6.45, 7) is 0.461. The van der Waals surface area contributed by atoms with E-state index in [-0.39, 0.29) is 11.5 Å². The molecule has 1 aliphatic rings. The number of aromatic carboxylic acids is 1. The molecular weight excluding hydrogens is 631 g/mol. The average molecular weight is 649 g/mol. The summed E-state index contributed by atoms with van der Waals surface area (Å²) in [6.07, 6.45) is 1.83. The Morgan fingerprint density at radius 2 is 1.88 bits per heavy atom. The fourth-order valence-electron chi connectivity index (χ4n) is 3.12. The molecule has 1 saturated heterocycles. The van der Waals surface area contributed by atoms with E-state index < -0.39 is 5.97 Å². The van der Waals surface area contributed by atoms with E-state index in [1.807, 2.05) is 48.5 Å². The topological polar surface area (TPSA) is 79.2 Å². The largest absolute Gasteiger partial charge is 0.487 e. The van der Waals surface area contributed by atoms with Gasteiger partial charge in [-0.15, -0.1) is 0 Å². The smallest absolute Gasteiger partial charge is 0.335 e. The van der Waals surface area contributed by atoms with E-state index in [0.717, 1.165) is 24.9 Å². The van der Waals surface area contributed by atoms with Crippen molar-refractivity contribution in [1.82, 2.24) is 4.90 Å². The minimum atomic E-state index is -0.996. The number of amidine groups is 1. The lowest BCUT2D eigenvalue weighted by molar-refractivity contribution is -0.121. The van der Waals surface area contributed by atoms with Crippen LogP contribution < -0.4 is 4.74 Å². The maximum Gasteiger partial charge on any atom is 0.335 e. The Balaban J connectivity index is 1.53. The zero-order valence-corrected chi connectivity index (χ0v) is 22.4. The van der Waals surface area contributed by atoms with E-state index in [9.17, 15) is 9.59 Å². The molecule has 4 rings (SSSR count). The number of amides is 1. The molecule has 1 aliphatic heterocycles. The fraction of sp³-hybridized carbons (Fsp3) is 0.0800. The van der Waals surface area contributed by atoms with Crippen LogP contribution in [-0.2, 0) is 11.4 Å². The standard InChI is InChI=1S/C25H18BrIN2O4S/c1-29-23(30)21(34-25(29)28-18-9-7-17(8-10-18)24(31)32)13-16-11-19(26)22(20(27)12-16)33-14-15-5-3-2-4-6-15/h2-13H,14H2,1H3,(H,31,32)/b21-13-,28-25?. The molecule has 3 aromatic carbocycles. The van der Waals surface area contributed by atoms with Gasteiger partial charge in [-0.2, -0.15) is 0 Å². The van der Waals surface area contributed by atoms with Crippen molar-refractivity contribution >= 4 is 79.1 Å². The van der Waals surface area contributed by atoms with Crippen molar-refractivity contribution in [2.45, 2.75) is 6.61 Å². The van der Waals surface area contributed by atoms with Gasteiger partial charge in [-0.05, 0) is 104 Å². The summed E-state index contributed by atoms with van der Waals surface area (Å²) in [5.74, 6) is -0.396. The first-order valence-corrected chi connectivity index (χ1v) is 12.8. The van der Waals surface area contributed by atoms with E-state index in [0.29, 0.717) is 22.4 Å². The number of halogens is 2. The SMILES string of the molecule is CN1C(=O)/C(=C/c2cc(Br)c(OCc3ccccc3)c(I)c2)SC1=Nc1ccc(C(=O)O)cc1. The Labute approximate surface area is 223 Å². The molecule has 1 amide bonds. The van der Waals surface area contributed by atoms with Crippen LogP contribution >= 0.6 is 50.3 Å². The van der Waals surface area contributed by atoms with Crippen molar-refractivity contribution in [3.63, 3.8) is 0 Å². The van der Waals surface area contributed by atoms with Crippen LogP contribution in [0.3, 0.4) is 0 Å². The minimum Gasteiger partial charge on any atom is -0.487 e. The molecule has 0 aliphatic carbocycles. The van der Waals surface area contributed by atoms with E-state index in [4.69, 9.17) is 9.84 Å². The van der Waals surface area contributed by atoms with Crippen LogP contribution in [0.4, 0.5) is 5.69 Å². The number of aliphatic imine (C=N–C) groups is 1. The summed E-state index contributed by atoms with van der Waals surface area (Å²) in [5, 5.41) is 9.56. The fourth-order valence-corrected chi connectivity index (χ4v) is 5.88. The van der Waals surface area contributed by atoms with Gasteiger partial charge in [0.15, 0.2) is 5.17 Å². The highest BCUT2D eigenvalue weighted by Gasteiger charge is 2.30. The van der Waals surface area contributed by atoms with Gasteiger partial charge in [0.1, 0.15) is 12.4 Å². The number of thioether (sulfide) groups is 1. The van der Waals surface area contributed by atoms with Crippen molar-refractivity contribution < 1.29 is 19.4 Å².